The van der Waals surface area contributed by atoms with Crippen LogP contribution < -0.4 is 0 Å². The maximum absolute atomic E-state index is 14.1. The Morgan fingerprint density at radius 1 is 1.60 bits per heavy atom. The molecule has 0 bridgehead atoms. The molecule has 0 radical (unpaired) electrons. The predicted molar refractivity (Wildman–Crippen MR) is 77.8 cm³/mol. The van der Waals surface area contributed by atoms with Crippen LogP contribution in [0.4, 0.5) is 4.39 Å². The summed E-state index contributed by atoms with van der Waals surface area (Å²) in [4.78, 5) is 11.8. The summed E-state index contributed by atoms with van der Waals surface area (Å²) >= 11 is 4.47. The van der Waals surface area contributed by atoms with E-state index >= 15 is 0 Å². The number of rotatable bonds is 5. The van der Waals surface area contributed by atoms with E-state index in [-0.39, 0.29) is 21.4 Å². The highest BCUT2D eigenvalue weighted by Gasteiger charge is 2.44. The second kappa shape index (κ2) is 6.15. The Morgan fingerprint density at radius 3 is 2.85 bits per heavy atom. The minimum absolute atomic E-state index is 0.0510. The summed E-state index contributed by atoms with van der Waals surface area (Å²) < 4.78 is 18.9. The van der Waals surface area contributed by atoms with Gasteiger partial charge in [-0.05, 0) is 46.3 Å². The molecule has 1 aromatic carbocycles. The van der Waals surface area contributed by atoms with E-state index in [9.17, 15) is 9.18 Å². The number of hydrogen-bond acceptors (Lipinski definition) is 4. The fourth-order valence-electron chi connectivity index (χ4n) is 1.89. The first-order chi connectivity index (χ1) is 9.51. The van der Waals surface area contributed by atoms with Crippen molar-refractivity contribution in [2.24, 2.45) is 5.41 Å². The van der Waals surface area contributed by atoms with Crippen LogP contribution in [-0.2, 0) is 9.53 Å². The molecule has 0 heterocycles. The minimum atomic E-state index is -0.414. The number of thioether (sulfide) groups is 1. The molecule has 0 N–H and O–H groups in total. The van der Waals surface area contributed by atoms with Gasteiger partial charge < -0.3 is 4.74 Å². The first kappa shape index (κ1) is 15.3. The summed E-state index contributed by atoms with van der Waals surface area (Å²) in [6, 6.07) is 5.13. The number of halogens is 2. The molecule has 106 valence electrons. The van der Waals surface area contributed by atoms with E-state index in [0.717, 1.165) is 12.8 Å². The molecule has 1 aromatic rings. The van der Waals surface area contributed by atoms with Crippen LogP contribution in [0.2, 0.25) is 0 Å². The predicted octanol–water partition coefficient (Wildman–Crippen LogP) is 3.90. The van der Waals surface area contributed by atoms with Crippen molar-refractivity contribution < 1.29 is 13.9 Å². The average molecular weight is 358 g/mol. The average Bonchev–Trinajstić information content (AvgIpc) is 3.20. The van der Waals surface area contributed by atoms with Crippen molar-refractivity contribution in [2.75, 3.05) is 12.9 Å². The summed E-state index contributed by atoms with van der Waals surface area (Å²) in [6.07, 6.45) is 2.32. The highest BCUT2D eigenvalue weighted by molar-refractivity contribution is 9.10. The molecule has 1 aliphatic rings. The highest BCUT2D eigenvalue weighted by atomic mass is 79.9. The van der Waals surface area contributed by atoms with E-state index in [1.54, 1.807) is 12.1 Å². The Labute approximate surface area is 129 Å². The van der Waals surface area contributed by atoms with Crippen molar-refractivity contribution in [1.29, 1.82) is 5.26 Å². The summed E-state index contributed by atoms with van der Waals surface area (Å²) in [5.41, 5.74) is 0.229. The van der Waals surface area contributed by atoms with E-state index in [4.69, 9.17) is 5.26 Å². The Balaban J connectivity index is 2.04. The second-order valence-corrected chi connectivity index (χ2v) is 6.70. The molecule has 1 saturated carbocycles. The van der Waals surface area contributed by atoms with Gasteiger partial charge in [0.05, 0.1) is 23.6 Å². The van der Waals surface area contributed by atoms with Crippen LogP contribution in [0.3, 0.4) is 0 Å². The maximum atomic E-state index is 14.1. The molecule has 20 heavy (non-hydrogen) atoms. The van der Waals surface area contributed by atoms with Gasteiger partial charge in [-0.2, -0.15) is 5.26 Å². The molecule has 3 nitrogen and oxygen atoms in total. The Kier molecular flexibility index (Phi) is 4.71. The number of methoxy groups -OCH3 is 1. The van der Waals surface area contributed by atoms with Crippen LogP contribution in [0.5, 0.6) is 0 Å². The maximum Gasteiger partial charge on any atom is 0.306 e. The Morgan fingerprint density at radius 2 is 2.30 bits per heavy atom. The Bertz CT molecular complexity index is 581. The van der Waals surface area contributed by atoms with Gasteiger partial charge in [0.25, 0.3) is 0 Å². The molecule has 1 fully saturated rings. The van der Waals surface area contributed by atoms with Crippen LogP contribution in [0.25, 0.3) is 0 Å². The molecular weight excluding hydrogens is 345 g/mol. The molecule has 1 aliphatic carbocycles. The van der Waals surface area contributed by atoms with Gasteiger partial charge in [0, 0.05) is 10.6 Å². The first-order valence-corrected chi connectivity index (χ1v) is 7.87. The van der Waals surface area contributed by atoms with Crippen molar-refractivity contribution in [3.63, 3.8) is 0 Å². The van der Waals surface area contributed by atoms with Crippen LogP contribution in [0, 0.1) is 22.6 Å². The number of ether oxygens (including phenoxy) is 1. The number of carbonyl (C=O) groups excluding carboxylic acids is 1. The third kappa shape index (κ3) is 3.33. The van der Waals surface area contributed by atoms with Gasteiger partial charge in [0.15, 0.2) is 5.82 Å². The minimum Gasteiger partial charge on any atom is -0.469 e. The topological polar surface area (TPSA) is 50.1 Å². The van der Waals surface area contributed by atoms with Gasteiger partial charge in [0.1, 0.15) is 6.07 Å². The van der Waals surface area contributed by atoms with E-state index in [1.165, 1.54) is 18.9 Å². The number of benzene rings is 1. The molecule has 0 atom stereocenters. The molecule has 0 aliphatic heterocycles. The number of nitrogens with zero attached hydrogens (tertiary/aromatic N) is 1. The molecule has 2 rings (SSSR count). The zero-order valence-electron chi connectivity index (χ0n) is 10.9. The quantitative estimate of drug-likeness (QED) is 0.592. The summed E-state index contributed by atoms with van der Waals surface area (Å²) in [5, 5.41) is 8.82. The summed E-state index contributed by atoms with van der Waals surface area (Å²) in [7, 11) is 1.38. The zero-order valence-corrected chi connectivity index (χ0v) is 13.3. The standard InChI is InChI=1S/C14H13BrFNO2S/c1-19-11(18)6-14(4-5-14)8-20-10-3-2-9(7-17)12(15)13(10)16/h2-3H,4-6,8H2,1H3. The van der Waals surface area contributed by atoms with Crippen molar-refractivity contribution in [2.45, 2.75) is 24.2 Å². The largest absolute Gasteiger partial charge is 0.469 e. The zero-order chi connectivity index (χ0) is 14.8. The summed E-state index contributed by atoms with van der Waals surface area (Å²) in [5.74, 6) is 0.0460. The smallest absolute Gasteiger partial charge is 0.306 e. The number of esters is 1. The van der Waals surface area contributed by atoms with Crippen molar-refractivity contribution in [1.82, 2.24) is 0 Å². The molecule has 0 saturated heterocycles. The Hall–Kier alpha value is -1.06. The molecular formula is C14H13BrFNO2S. The van der Waals surface area contributed by atoms with E-state index in [2.05, 4.69) is 20.7 Å². The lowest BCUT2D eigenvalue weighted by Gasteiger charge is -2.13. The van der Waals surface area contributed by atoms with Gasteiger partial charge in [0.2, 0.25) is 0 Å². The van der Waals surface area contributed by atoms with Gasteiger partial charge in [-0.1, -0.05) is 0 Å². The van der Waals surface area contributed by atoms with Crippen molar-refractivity contribution in [3.05, 3.63) is 28.0 Å². The van der Waals surface area contributed by atoms with Crippen LogP contribution in [0.1, 0.15) is 24.8 Å². The second-order valence-electron chi connectivity index (χ2n) is 4.89. The summed E-state index contributed by atoms with van der Waals surface area (Å²) in [6.45, 7) is 0. The van der Waals surface area contributed by atoms with E-state index in [0.29, 0.717) is 17.1 Å². The van der Waals surface area contributed by atoms with Crippen LogP contribution >= 0.6 is 27.7 Å². The van der Waals surface area contributed by atoms with E-state index in [1.807, 2.05) is 6.07 Å². The van der Waals surface area contributed by atoms with Gasteiger partial charge in [-0.25, -0.2) is 4.39 Å². The lowest BCUT2D eigenvalue weighted by atomic mass is 10.1. The van der Waals surface area contributed by atoms with Gasteiger partial charge in [-0.3, -0.25) is 4.79 Å². The van der Waals surface area contributed by atoms with Crippen LogP contribution in [-0.4, -0.2) is 18.8 Å². The monoisotopic (exact) mass is 357 g/mol. The lowest BCUT2D eigenvalue weighted by molar-refractivity contribution is -0.141. The van der Waals surface area contributed by atoms with Gasteiger partial charge >= 0.3 is 5.97 Å². The molecule has 0 spiro atoms. The highest BCUT2D eigenvalue weighted by Crippen LogP contribution is 2.52. The molecule has 0 unspecified atom stereocenters. The van der Waals surface area contributed by atoms with Gasteiger partial charge in [-0.15, -0.1) is 11.8 Å². The number of carbonyl (C=O) groups is 1. The number of nitriles is 1. The third-order valence-corrected chi connectivity index (χ3v) is 5.56. The fraction of sp³-hybridized carbons (Fsp3) is 0.429. The number of hydrogen-bond donors (Lipinski definition) is 0. The van der Waals surface area contributed by atoms with E-state index < -0.39 is 5.82 Å². The SMILES string of the molecule is COC(=O)CC1(CSc2ccc(C#N)c(Br)c2F)CC1. The fourth-order valence-corrected chi connectivity index (χ4v) is 3.70. The third-order valence-electron chi connectivity index (χ3n) is 3.41. The van der Waals surface area contributed by atoms with Crippen molar-refractivity contribution >= 4 is 33.7 Å². The molecule has 0 amide bonds. The van der Waals surface area contributed by atoms with Crippen molar-refractivity contribution in [3.8, 4) is 6.07 Å². The van der Waals surface area contributed by atoms with Crippen LogP contribution in [0.15, 0.2) is 21.5 Å². The lowest BCUT2D eigenvalue weighted by Crippen LogP contribution is -2.13. The molecule has 6 heteroatoms. The molecule has 0 aromatic heterocycles. The normalized spacial score (nSPS) is 15.5. The first-order valence-electron chi connectivity index (χ1n) is 6.09.